The highest BCUT2D eigenvalue weighted by atomic mass is 32.2. The lowest BCUT2D eigenvalue weighted by Crippen LogP contribution is -2.37. The van der Waals surface area contributed by atoms with Crippen LogP contribution in [0.5, 0.6) is 0 Å². The number of rotatable bonds is 11. The van der Waals surface area contributed by atoms with Crippen LogP contribution in [0.4, 0.5) is 0 Å². The molecular weight excluding hydrogens is 530 g/mol. The molecule has 0 spiro atoms. The molecule has 3 aromatic carbocycles. The van der Waals surface area contributed by atoms with Gasteiger partial charge in [-0.05, 0) is 62.6 Å². The van der Waals surface area contributed by atoms with Gasteiger partial charge in [0.25, 0.3) is 23.6 Å². The SMILES string of the molecule is Cc1ccc(S(=O)(=O)N(CCCCN2C(=O)c3ccccc3C2=O)CCCN2C(=O)c3ccccc3C2=O)cc1. The summed E-state index contributed by atoms with van der Waals surface area (Å²) in [6.07, 6.45) is 1.09. The maximum absolute atomic E-state index is 13.5. The molecule has 40 heavy (non-hydrogen) atoms. The van der Waals surface area contributed by atoms with Crippen LogP contribution in [-0.2, 0) is 10.0 Å². The summed E-state index contributed by atoms with van der Waals surface area (Å²) in [5, 5.41) is 0. The number of sulfonamides is 1. The molecule has 0 fully saturated rings. The Bertz CT molecular complexity index is 1530. The molecule has 2 aliphatic rings. The monoisotopic (exact) mass is 559 g/mol. The largest absolute Gasteiger partial charge is 0.274 e. The van der Waals surface area contributed by atoms with Crippen molar-refractivity contribution in [1.29, 1.82) is 0 Å². The Morgan fingerprint density at radius 1 is 0.575 bits per heavy atom. The number of benzene rings is 3. The van der Waals surface area contributed by atoms with Gasteiger partial charge in [-0.1, -0.05) is 42.0 Å². The summed E-state index contributed by atoms with van der Waals surface area (Å²) >= 11 is 0. The Morgan fingerprint density at radius 3 is 1.43 bits per heavy atom. The van der Waals surface area contributed by atoms with Crippen molar-refractivity contribution >= 4 is 33.7 Å². The van der Waals surface area contributed by atoms with Gasteiger partial charge in [-0.15, -0.1) is 0 Å². The number of amides is 4. The van der Waals surface area contributed by atoms with E-state index in [2.05, 4.69) is 0 Å². The lowest BCUT2D eigenvalue weighted by molar-refractivity contribution is 0.0632. The molecule has 0 aromatic heterocycles. The quantitative estimate of drug-likeness (QED) is 0.261. The molecule has 0 radical (unpaired) electrons. The van der Waals surface area contributed by atoms with Gasteiger partial charge >= 0.3 is 0 Å². The summed E-state index contributed by atoms with van der Waals surface area (Å²) in [6, 6.07) is 19.9. The van der Waals surface area contributed by atoms with Gasteiger partial charge in [0.1, 0.15) is 0 Å². The molecule has 5 rings (SSSR count). The van der Waals surface area contributed by atoms with E-state index in [-0.39, 0.29) is 61.1 Å². The van der Waals surface area contributed by atoms with E-state index in [4.69, 9.17) is 0 Å². The molecule has 3 aromatic rings. The van der Waals surface area contributed by atoms with Gasteiger partial charge in [0.15, 0.2) is 0 Å². The number of nitrogens with zero attached hydrogens (tertiary/aromatic N) is 3. The number of hydrogen-bond donors (Lipinski definition) is 0. The Balaban J connectivity index is 1.24. The van der Waals surface area contributed by atoms with Crippen LogP contribution in [-0.4, -0.2) is 72.3 Å². The average molecular weight is 560 g/mol. The fourth-order valence-corrected chi connectivity index (χ4v) is 6.58. The number of carbonyl (C=O) groups excluding carboxylic acids is 4. The predicted octanol–water partition coefficient (Wildman–Crippen LogP) is 3.75. The molecule has 2 heterocycles. The third-order valence-electron chi connectivity index (χ3n) is 7.24. The Morgan fingerprint density at radius 2 is 0.975 bits per heavy atom. The molecule has 0 atom stereocenters. The molecule has 0 saturated heterocycles. The Kier molecular flexibility index (Phi) is 7.64. The molecule has 0 N–H and O–H groups in total. The zero-order chi connectivity index (χ0) is 28.4. The standard InChI is InChI=1S/C30H29N3O6S/c1-21-13-15-22(16-14-21)40(38,39)31(18-8-20-33-29(36)25-11-4-5-12-26(25)30(33)37)17-6-7-19-32-27(34)23-9-2-3-10-24(23)28(32)35/h2-5,9-16H,6-8,17-20H2,1H3. The lowest BCUT2D eigenvalue weighted by Gasteiger charge is -2.24. The minimum atomic E-state index is -3.86. The van der Waals surface area contributed by atoms with Crippen molar-refractivity contribution in [1.82, 2.24) is 14.1 Å². The first-order valence-electron chi connectivity index (χ1n) is 13.2. The number of hydrogen-bond acceptors (Lipinski definition) is 6. The number of carbonyl (C=O) groups is 4. The molecular formula is C30H29N3O6S. The average Bonchev–Trinajstić information content (AvgIpc) is 3.34. The highest BCUT2D eigenvalue weighted by molar-refractivity contribution is 7.89. The fourth-order valence-electron chi connectivity index (χ4n) is 5.06. The molecule has 2 aliphatic heterocycles. The van der Waals surface area contributed by atoms with E-state index < -0.39 is 10.0 Å². The van der Waals surface area contributed by atoms with E-state index in [1.165, 1.54) is 9.21 Å². The maximum Gasteiger partial charge on any atom is 0.261 e. The van der Waals surface area contributed by atoms with E-state index in [0.717, 1.165) is 10.5 Å². The molecule has 0 bridgehead atoms. The molecule has 0 aliphatic carbocycles. The second-order valence-electron chi connectivity index (χ2n) is 9.89. The van der Waals surface area contributed by atoms with Crippen LogP contribution in [0.2, 0.25) is 0 Å². The predicted molar refractivity (Wildman–Crippen MR) is 147 cm³/mol. The topological polar surface area (TPSA) is 112 Å². The molecule has 206 valence electrons. The summed E-state index contributed by atoms with van der Waals surface area (Å²) in [4.78, 5) is 53.2. The first-order valence-corrected chi connectivity index (χ1v) is 14.6. The van der Waals surface area contributed by atoms with E-state index >= 15 is 0 Å². The molecule has 10 heteroatoms. The fraction of sp³-hybridized carbons (Fsp3) is 0.267. The van der Waals surface area contributed by atoms with Crippen LogP contribution in [0.25, 0.3) is 0 Å². The Labute approximate surface area is 233 Å². The molecule has 0 unspecified atom stereocenters. The second-order valence-corrected chi connectivity index (χ2v) is 11.8. The van der Waals surface area contributed by atoms with E-state index in [1.54, 1.807) is 72.8 Å². The number of imide groups is 2. The van der Waals surface area contributed by atoms with Crippen molar-refractivity contribution in [3.05, 3.63) is 101 Å². The van der Waals surface area contributed by atoms with E-state index in [9.17, 15) is 27.6 Å². The van der Waals surface area contributed by atoms with Gasteiger partial charge in [-0.2, -0.15) is 4.31 Å². The second kappa shape index (κ2) is 11.1. The van der Waals surface area contributed by atoms with Gasteiger partial charge in [-0.3, -0.25) is 29.0 Å². The van der Waals surface area contributed by atoms with Gasteiger partial charge in [0.05, 0.1) is 27.1 Å². The molecule has 0 saturated carbocycles. The zero-order valence-electron chi connectivity index (χ0n) is 22.1. The van der Waals surface area contributed by atoms with Crippen LogP contribution in [0.1, 0.15) is 66.3 Å². The Hall–Kier alpha value is -4.15. The normalized spacial score (nSPS) is 14.8. The van der Waals surface area contributed by atoms with Gasteiger partial charge in [0.2, 0.25) is 10.0 Å². The summed E-state index contributed by atoms with van der Waals surface area (Å²) in [7, 11) is -3.86. The number of fused-ring (bicyclic) bond motifs is 2. The third-order valence-corrected chi connectivity index (χ3v) is 9.16. The third kappa shape index (κ3) is 5.07. The summed E-state index contributed by atoms with van der Waals surface area (Å²) in [5.41, 5.74) is 2.39. The minimum absolute atomic E-state index is 0.0846. The van der Waals surface area contributed by atoms with Crippen LogP contribution in [0, 0.1) is 6.92 Å². The van der Waals surface area contributed by atoms with Gasteiger partial charge < -0.3 is 0 Å². The number of unbranched alkanes of at least 4 members (excludes halogenated alkanes) is 1. The van der Waals surface area contributed by atoms with E-state index in [0.29, 0.717) is 35.1 Å². The van der Waals surface area contributed by atoms with Crippen molar-refractivity contribution in [3.63, 3.8) is 0 Å². The van der Waals surface area contributed by atoms with Crippen molar-refractivity contribution in [3.8, 4) is 0 Å². The van der Waals surface area contributed by atoms with Crippen LogP contribution >= 0.6 is 0 Å². The zero-order valence-corrected chi connectivity index (χ0v) is 22.9. The van der Waals surface area contributed by atoms with E-state index in [1.807, 2.05) is 6.92 Å². The van der Waals surface area contributed by atoms with Crippen LogP contribution < -0.4 is 0 Å². The van der Waals surface area contributed by atoms with Crippen molar-refractivity contribution in [2.45, 2.75) is 31.1 Å². The lowest BCUT2D eigenvalue weighted by atomic mass is 10.1. The van der Waals surface area contributed by atoms with Crippen molar-refractivity contribution in [2.75, 3.05) is 26.2 Å². The summed E-state index contributed by atoms with van der Waals surface area (Å²) in [5.74, 6) is -1.44. The smallest absolute Gasteiger partial charge is 0.261 e. The number of aryl methyl sites for hydroxylation is 1. The summed E-state index contributed by atoms with van der Waals surface area (Å²) < 4.78 is 28.4. The molecule has 4 amide bonds. The summed E-state index contributed by atoms with van der Waals surface area (Å²) in [6.45, 7) is 2.38. The minimum Gasteiger partial charge on any atom is -0.274 e. The van der Waals surface area contributed by atoms with Crippen molar-refractivity contribution in [2.24, 2.45) is 0 Å². The first-order chi connectivity index (χ1) is 19.2. The van der Waals surface area contributed by atoms with Crippen LogP contribution in [0.15, 0.2) is 77.7 Å². The molecule has 9 nitrogen and oxygen atoms in total. The van der Waals surface area contributed by atoms with Crippen molar-refractivity contribution < 1.29 is 27.6 Å². The van der Waals surface area contributed by atoms with Gasteiger partial charge in [0, 0.05) is 26.2 Å². The van der Waals surface area contributed by atoms with Gasteiger partial charge in [-0.25, -0.2) is 8.42 Å². The first kappa shape index (κ1) is 27.4. The maximum atomic E-state index is 13.5. The highest BCUT2D eigenvalue weighted by Gasteiger charge is 2.36. The van der Waals surface area contributed by atoms with Crippen LogP contribution in [0.3, 0.4) is 0 Å². The highest BCUT2D eigenvalue weighted by Crippen LogP contribution is 2.25.